The summed E-state index contributed by atoms with van der Waals surface area (Å²) in [5, 5.41) is 7.21. The number of hydrogen-bond donors (Lipinski definition) is 1. The van der Waals surface area contributed by atoms with Crippen molar-refractivity contribution in [2.24, 2.45) is 0 Å². The van der Waals surface area contributed by atoms with Crippen LogP contribution in [0, 0.1) is 0 Å². The molecule has 0 unspecified atom stereocenters. The summed E-state index contributed by atoms with van der Waals surface area (Å²) in [7, 11) is 2.13. The monoisotopic (exact) mass is 341 g/mol. The van der Waals surface area contributed by atoms with Crippen molar-refractivity contribution < 1.29 is 4.79 Å². The van der Waals surface area contributed by atoms with Crippen molar-refractivity contribution in [1.82, 2.24) is 14.7 Å². The standard InChI is InChI=1S/C19H27N5O/c1-15(2)24-14-16(13-20-24)21-19(25)23-11-9-18(10-12-23)22(3)17-7-5-4-6-8-17/h4-8,13-15,18H,9-12H2,1-3H3,(H,21,25). The first-order valence-corrected chi connectivity index (χ1v) is 8.92. The lowest BCUT2D eigenvalue weighted by molar-refractivity contribution is 0.194. The van der Waals surface area contributed by atoms with Crippen LogP contribution >= 0.6 is 0 Å². The Hall–Kier alpha value is -2.50. The van der Waals surface area contributed by atoms with Crippen LogP contribution in [0.25, 0.3) is 0 Å². The smallest absolute Gasteiger partial charge is 0.321 e. The molecule has 0 bridgehead atoms. The Morgan fingerprint density at radius 2 is 1.92 bits per heavy atom. The molecule has 0 atom stereocenters. The molecule has 0 saturated carbocycles. The van der Waals surface area contributed by atoms with Crippen LogP contribution in [0.2, 0.25) is 0 Å². The second-order valence-corrected chi connectivity index (χ2v) is 6.90. The number of hydrogen-bond acceptors (Lipinski definition) is 3. The first kappa shape index (κ1) is 17.3. The number of piperidine rings is 1. The number of anilines is 2. The van der Waals surface area contributed by atoms with Gasteiger partial charge in [-0.2, -0.15) is 5.10 Å². The minimum atomic E-state index is -0.0379. The second-order valence-electron chi connectivity index (χ2n) is 6.90. The SMILES string of the molecule is CC(C)n1cc(NC(=O)N2CCC(N(C)c3ccccc3)CC2)cn1. The molecule has 6 nitrogen and oxygen atoms in total. The Labute approximate surface area is 149 Å². The molecule has 1 fully saturated rings. The fourth-order valence-corrected chi connectivity index (χ4v) is 3.22. The maximum absolute atomic E-state index is 12.5. The van der Waals surface area contributed by atoms with E-state index in [2.05, 4.69) is 60.5 Å². The molecular formula is C19H27N5O. The predicted molar refractivity (Wildman–Crippen MR) is 101 cm³/mol. The van der Waals surface area contributed by atoms with E-state index in [1.165, 1.54) is 5.69 Å². The maximum atomic E-state index is 12.5. The number of aromatic nitrogens is 2. The molecule has 0 spiro atoms. The van der Waals surface area contributed by atoms with Crippen LogP contribution in [0.3, 0.4) is 0 Å². The predicted octanol–water partition coefficient (Wildman–Crippen LogP) is 3.60. The molecule has 134 valence electrons. The van der Waals surface area contributed by atoms with Crippen LogP contribution in [-0.4, -0.2) is 46.9 Å². The number of amides is 2. The van der Waals surface area contributed by atoms with Gasteiger partial charge in [-0.15, -0.1) is 0 Å². The van der Waals surface area contributed by atoms with E-state index in [1.54, 1.807) is 6.20 Å². The third-order valence-corrected chi connectivity index (χ3v) is 4.84. The first-order chi connectivity index (χ1) is 12.0. The Balaban J connectivity index is 1.52. The Kier molecular flexibility index (Phi) is 5.26. The van der Waals surface area contributed by atoms with Gasteiger partial charge in [-0.25, -0.2) is 4.79 Å². The third-order valence-electron chi connectivity index (χ3n) is 4.84. The fourth-order valence-electron chi connectivity index (χ4n) is 3.22. The number of nitrogens with one attached hydrogen (secondary N) is 1. The van der Waals surface area contributed by atoms with Crippen molar-refractivity contribution >= 4 is 17.4 Å². The van der Waals surface area contributed by atoms with Gasteiger partial charge < -0.3 is 15.1 Å². The number of rotatable bonds is 4. The number of nitrogens with zero attached hydrogens (tertiary/aromatic N) is 4. The number of urea groups is 1. The lowest BCUT2D eigenvalue weighted by Crippen LogP contribution is -2.47. The lowest BCUT2D eigenvalue weighted by Gasteiger charge is -2.37. The molecule has 1 aliphatic rings. The van der Waals surface area contributed by atoms with Crippen LogP contribution < -0.4 is 10.2 Å². The lowest BCUT2D eigenvalue weighted by atomic mass is 10.0. The highest BCUT2D eigenvalue weighted by Gasteiger charge is 2.25. The minimum Gasteiger partial charge on any atom is -0.371 e. The summed E-state index contributed by atoms with van der Waals surface area (Å²) in [6.07, 6.45) is 5.53. The van der Waals surface area contributed by atoms with Gasteiger partial charge >= 0.3 is 6.03 Å². The van der Waals surface area contributed by atoms with Gasteiger partial charge in [-0.1, -0.05) is 18.2 Å². The molecule has 1 saturated heterocycles. The van der Waals surface area contributed by atoms with E-state index < -0.39 is 0 Å². The molecular weight excluding hydrogens is 314 g/mol. The van der Waals surface area contributed by atoms with Crippen molar-refractivity contribution in [3.63, 3.8) is 0 Å². The summed E-state index contributed by atoms with van der Waals surface area (Å²) in [5.74, 6) is 0. The van der Waals surface area contributed by atoms with E-state index in [0.717, 1.165) is 31.6 Å². The molecule has 1 aromatic carbocycles. The van der Waals surface area contributed by atoms with Gasteiger partial charge in [-0.3, -0.25) is 4.68 Å². The van der Waals surface area contributed by atoms with Crippen molar-refractivity contribution in [2.45, 2.75) is 38.8 Å². The highest BCUT2D eigenvalue weighted by atomic mass is 16.2. The average Bonchev–Trinajstić information content (AvgIpc) is 3.11. The summed E-state index contributed by atoms with van der Waals surface area (Å²) in [4.78, 5) is 16.7. The quantitative estimate of drug-likeness (QED) is 0.924. The number of carbonyl (C=O) groups excluding carboxylic acids is 1. The van der Waals surface area contributed by atoms with Gasteiger partial charge in [0.05, 0.1) is 11.9 Å². The Morgan fingerprint density at radius 1 is 1.24 bits per heavy atom. The molecule has 0 radical (unpaired) electrons. The summed E-state index contributed by atoms with van der Waals surface area (Å²) >= 11 is 0. The van der Waals surface area contributed by atoms with Crippen LogP contribution in [0.5, 0.6) is 0 Å². The molecule has 2 heterocycles. The van der Waals surface area contributed by atoms with Gasteiger partial charge in [0, 0.05) is 44.1 Å². The molecule has 6 heteroatoms. The Morgan fingerprint density at radius 3 is 2.52 bits per heavy atom. The zero-order chi connectivity index (χ0) is 17.8. The number of carbonyl (C=O) groups is 1. The molecule has 1 N–H and O–H groups in total. The molecule has 25 heavy (non-hydrogen) atoms. The van der Waals surface area contributed by atoms with E-state index in [1.807, 2.05) is 21.8 Å². The molecule has 1 aliphatic heterocycles. The van der Waals surface area contributed by atoms with E-state index in [0.29, 0.717) is 6.04 Å². The van der Waals surface area contributed by atoms with Crippen LogP contribution in [0.15, 0.2) is 42.7 Å². The first-order valence-electron chi connectivity index (χ1n) is 8.92. The zero-order valence-electron chi connectivity index (χ0n) is 15.2. The molecule has 0 aliphatic carbocycles. The maximum Gasteiger partial charge on any atom is 0.321 e. The highest BCUT2D eigenvalue weighted by molar-refractivity contribution is 5.89. The van der Waals surface area contributed by atoms with Crippen LogP contribution in [-0.2, 0) is 0 Å². The van der Waals surface area contributed by atoms with Crippen molar-refractivity contribution in [1.29, 1.82) is 0 Å². The van der Waals surface area contributed by atoms with Gasteiger partial charge in [0.25, 0.3) is 0 Å². The average molecular weight is 341 g/mol. The fraction of sp³-hybridized carbons (Fsp3) is 0.474. The highest BCUT2D eigenvalue weighted by Crippen LogP contribution is 2.22. The summed E-state index contributed by atoms with van der Waals surface area (Å²) in [5.41, 5.74) is 1.98. The number of para-hydroxylation sites is 1. The molecule has 1 aromatic heterocycles. The molecule has 3 rings (SSSR count). The van der Waals surface area contributed by atoms with Gasteiger partial charge in [0.1, 0.15) is 0 Å². The summed E-state index contributed by atoms with van der Waals surface area (Å²) in [6, 6.07) is 11.1. The number of benzene rings is 1. The topological polar surface area (TPSA) is 53.4 Å². The zero-order valence-corrected chi connectivity index (χ0v) is 15.2. The number of likely N-dealkylation sites (tertiary alicyclic amines) is 1. The normalized spacial score (nSPS) is 15.4. The van der Waals surface area contributed by atoms with Gasteiger partial charge in [-0.05, 0) is 38.8 Å². The van der Waals surface area contributed by atoms with Gasteiger partial charge in [0.2, 0.25) is 0 Å². The van der Waals surface area contributed by atoms with Crippen molar-refractivity contribution in [2.75, 3.05) is 30.4 Å². The minimum absolute atomic E-state index is 0.0379. The van der Waals surface area contributed by atoms with Gasteiger partial charge in [0.15, 0.2) is 0 Å². The van der Waals surface area contributed by atoms with Crippen molar-refractivity contribution in [3.8, 4) is 0 Å². The molecule has 2 aromatic rings. The Bertz CT molecular complexity index is 689. The van der Waals surface area contributed by atoms with Crippen molar-refractivity contribution in [3.05, 3.63) is 42.7 Å². The third kappa shape index (κ3) is 4.13. The largest absolute Gasteiger partial charge is 0.371 e. The molecule has 2 amide bonds. The van der Waals surface area contributed by atoms with E-state index in [-0.39, 0.29) is 12.1 Å². The van der Waals surface area contributed by atoms with E-state index in [9.17, 15) is 4.79 Å². The van der Waals surface area contributed by atoms with E-state index in [4.69, 9.17) is 0 Å². The second kappa shape index (κ2) is 7.59. The van der Waals surface area contributed by atoms with Crippen LogP contribution in [0.1, 0.15) is 32.7 Å². The summed E-state index contributed by atoms with van der Waals surface area (Å²) in [6.45, 7) is 5.66. The van der Waals surface area contributed by atoms with Crippen LogP contribution in [0.4, 0.5) is 16.2 Å². The summed E-state index contributed by atoms with van der Waals surface area (Å²) < 4.78 is 1.84. The van der Waals surface area contributed by atoms with E-state index >= 15 is 0 Å².